The molecule has 0 saturated heterocycles. The number of halogens is 1. The average molecular weight is 291 g/mol. The Balaban J connectivity index is 2.09. The summed E-state index contributed by atoms with van der Waals surface area (Å²) in [4.78, 5) is 10.6. The van der Waals surface area contributed by atoms with Gasteiger partial charge in [-0.05, 0) is 24.6 Å². The van der Waals surface area contributed by atoms with Crippen molar-refractivity contribution in [1.29, 1.82) is 0 Å². The molecule has 0 aliphatic rings. The quantitative estimate of drug-likeness (QED) is 0.666. The van der Waals surface area contributed by atoms with E-state index in [1.807, 2.05) is 37.3 Å². The van der Waals surface area contributed by atoms with Crippen molar-refractivity contribution in [2.75, 3.05) is 0 Å². The molecule has 2 aromatic rings. The minimum absolute atomic E-state index is 0.0465. The fraction of sp³-hybridized carbons (Fsp3) is 0.200. The van der Waals surface area contributed by atoms with E-state index in [2.05, 4.69) is 5.32 Å². The van der Waals surface area contributed by atoms with Gasteiger partial charge in [0.25, 0.3) is 5.69 Å². The van der Waals surface area contributed by atoms with Crippen LogP contribution >= 0.6 is 11.6 Å². The van der Waals surface area contributed by atoms with Crippen LogP contribution in [0, 0.1) is 10.1 Å². The van der Waals surface area contributed by atoms with Crippen LogP contribution in [0.3, 0.4) is 0 Å². The van der Waals surface area contributed by atoms with E-state index in [0.717, 1.165) is 5.56 Å². The van der Waals surface area contributed by atoms with Crippen LogP contribution in [0.25, 0.3) is 0 Å². The Labute approximate surface area is 122 Å². The van der Waals surface area contributed by atoms with Crippen LogP contribution in [0.2, 0.25) is 5.02 Å². The SMILES string of the molecule is CC(NCc1ccc(Cl)cc1[N+](=O)[O-])c1ccccc1. The minimum atomic E-state index is -0.407. The second-order valence-corrected chi connectivity index (χ2v) is 4.98. The van der Waals surface area contributed by atoms with Crippen LogP contribution in [0.15, 0.2) is 48.5 Å². The van der Waals surface area contributed by atoms with Gasteiger partial charge in [-0.15, -0.1) is 0 Å². The van der Waals surface area contributed by atoms with E-state index in [0.29, 0.717) is 17.1 Å². The van der Waals surface area contributed by atoms with Crippen LogP contribution in [-0.4, -0.2) is 4.92 Å². The normalized spacial score (nSPS) is 12.1. The molecular formula is C15H15ClN2O2. The number of nitro groups is 1. The molecule has 0 aromatic heterocycles. The fourth-order valence-electron chi connectivity index (χ4n) is 1.98. The molecule has 0 radical (unpaired) electrons. The van der Waals surface area contributed by atoms with E-state index in [1.165, 1.54) is 6.07 Å². The molecule has 1 unspecified atom stereocenters. The first-order valence-corrected chi connectivity index (χ1v) is 6.67. The third kappa shape index (κ3) is 3.56. The Morgan fingerprint density at radius 3 is 2.60 bits per heavy atom. The predicted molar refractivity (Wildman–Crippen MR) is 79.8 cm³/mol. The standard InChI is InChI=1S/C15H15ClN2O2/c1-11(12-5-3-2-4-6-12)17-10-13-7-8-14(16)9-15(13)18(19)20/h2-9,11,17H,10H2,1H3. The molecule has 5 heteroatoms. The summed E-state index contributed by atoms with van der Waals surface area (Å²) in [5.41, 5.74) is 1.82. The number of benzene rings is 2. The molecular weight excluding hydrogens is 276 g/mol. The molecule has 0 amide bonds. The van der Waals surface area contributed by atoms with Gasteiger partial charge in [-0.1, -0.05) is 41.9 Å². The predicted octanol–water partition coefficient (Wildman–Crippen LogP) is 4.10. The molecule has 0 bridgehead atoms. The van der Waals surface area contributed by atoms with Crippen LogP contribution in [0.5, 0.6) is 0 Å². The van der Waals surface area contributed by atoms with E-state index in [4.69, 9.17) is 11.6 Å². The molecule has 0 aliphatic heterocycles. The van der Waals surface area contributed by atoms with Gasteiger partial charge in [0.1, 0.15) is 0 Å². The highest BCUT2D eigenvalue weighted by Crippen LogP contribution is 2.24. The molecule has 2 rings (SSSR count). The summed E-state index contributed by atoms with van der Waals surface area (Å²) in [5, 5.41) is 14.7. The Morgan fingerprint density at radius 1 is 1.25 bits per heavy atom. The van der Waals surface area contributed by atoms with E-state index >= 15 is 0 Å². The molecule has 2 aromatic carbocycles. The molecule has 104 valence electrons. The van der Waals surface area contributed by atoms with Gasteiger partial charge >= 0.3 is 0 Å². The number of hydrogen-bond donors (Lipinski definition) is 1. The van der Waals surface area contributed by atoms with Crippen molar-refractivity contribution in [2.24, 2.45) is 0 Å². The molecule has 0 saturated carbocycles. The van der Waals surface area contributed by atoms with Crippen molar-refractivity contribution in [2.45, 2.75) is 19.5 Å². The largest absolute Gasteiger partial charge is 0.306 e. The maximum absolute atomic E-state index is 11.0. The lowest BCUT2D eigenvalue weighted by Gasteiger charge is -2.14. The third-order valence-corrected chi connectivity index (χ3v) is 3.38. The van der Waals surface area contributed by atoms with Crippen LogP contribution in [-0.2, 0) is 6.54 Å². The summed E-state index contributed by atoms with van der Waals surface area (Å²) in [6, 6.07) is 14.8. The smallest absolute Gasteiger partial charge is 0.275 e. The Morgan fingerprint density at radius 2 is 1.95 bits per heavy atom. The van der Waals surface area contributed by atoms with Crippen LogP contribution in [0.1, 0.15) is 24.1 Å². The van der Waals surface area contributed by atoms with Crippen molar-refractivity contribution in [3.8, 4) is 0 Å². The van der Waals surface area contributed by atoms with Gasteiger partial charge in [-0.25, -0.2) is 0 Å². The van der Waals surface area contributed by atoms with Crippen molar-refractivity contribution in [1.82, 2.24) is 5.32 Å². The molecule has 1 N–H and O–H groups in total. The summed E-state index contributed by atoms with van der Waals surface area (Å²) in [7, 11) is 0. The lowest BCUT2D eigenvalue weighted by Crippen LogP contribution is -2.18. The number of hydrogen-bond acceptors (Lipinski definition) is 3. The number of nitro benzene ring substituents is 1. The van der Waals surface area contributed by atoms with E-state index in [1.54, 1.807) is 12.1 Å². The highest BCUT2D eigenvalue weighted by Gasteiger charge is 2.15. The monoisotopic (exact) mass is 290 g/mol. The van der Waals surface area contributed by atoms with Gasteiger partial charge in [0.15, 0.2) is 0 Å². The maximum Gasteiger partial charge on any atom is 0.275 e. The first kappa shape index (κ1) is 14.5. The zero-order valence-corrected chi connectivity index (χ0v) is 11.8. The summed E-state index contributed by atoms with van der Waals surface area (Å²) in [6.45, 7) is 2.45. The summed E-state index contributed by atoms with van der Waals surface area (Å²) >= 11 is 5.79. The Hall–Kier alpha value is -1.91. The summed E-state index contributed by atoms with van der Waals surface area (Å²) in [6.07, 6.45) is 0. The van der Waals surface area contributed by atoms with Gasteiger partial charge in [0, 0.05) is 29.2 Å². The lowest BCUT2D eigenvalue weighted by molar-refractivity contribution is -0.385. The Kier molecular flexibility index (Phi) is 4.71. The minimum Gasteiger partial charge on any atom is -0.306 e. The zero-order chi connectivity index (χ0) is 14.5. The van der Waals surface area contributed by atoms with Crippen LogP contribution in [0.4, 0.5) is 5.69 Å². The molecule has 4 nitrogen and oxygen atoms in total. The van der Waals surface area contributed by atoms with Crippen molar-refractivity contribution in [3.63, 3.8) is 0 Å². The van der Waals surface area contributed by atoms with Crippen molar-refractivity contribution < 1.29 is 4.92 Å². The molecule has 0 heterocycles. The second kappa shape index (κ2) is 6.50. The fourth-order valence-corrected chi connectivity index (χ4v) is 2.15. The second-order valence-electron chi connectivity index (χ2n) is 4.54. The molecule has 0 spiro atoms. The number of nitrogens with zero attached hydrogens (tertiary/aromatic N) is 1. The van der Waals surface area contributed by atoms with E-state index < -0.39 is 4.92 Å². The summed E-state index contributed by atoms with van der Waals surface area (Å²) < 4.78 is 0. The topological polar surface area (TPSA) is 55.2 Å². The van der Waals surface area contributed by atoms with Crippen molar-refractivity contribution >= 4 is 17.3 Å². The van der Waals surface area contributed by atoms with Gasteiger partial charge in [-0.3, -0.25) is 10.1 Å². The maximum atomic E-state index is 11.0. The molecule has 1 atom stereocenters. The van der Waals surface area contributed by atoms with E-state index in [9.17, 15) is 10.1 Å². The van der Waals surface area contributed by atoms with E-state index in [-0.39, 0.29) is 11.7 Å². The lowest BCUT2D eigenvalue weighted by atomic mass is 10.1. The highest BCUT2D eigenvalue weighted by molar-refractivity contribution is 6.30. The highest BCUT2D eigenvalue weighted by atomic mass is 35.5. The molecule has 0 aliphatic carbocycles. The van der Waals surface area contributed by atoms with Gasteiger partial charge < -0.3 is 5.32 Å². The summed E-state index contributed by atoms with van der Waals surface area (Å²) in [5.74, 6) is 0. The molecule has 20 heavy (non-hydrogen) atoms. The first-order valence-electron chi connectivity index (χ1n) is 6.29. The molecule has 0 fully saturated rings. The third-order valence-electron chi connectivity index (χ3n) is 3.14. The van der Waals surface area contributed by atoms with Crippen molar-refractivity contribution in [3.05, 3.63) is 74.8 Å². The number of nitrogens with one attached hydrogen (secondary N) is 1. The van der Waals surface area contributed by atoms with Gasteiger partial charge in [-0.2, -0.15) is 0 Å². The average Bonchev–Trinajstić information content (AvgIpc) is 2.46. The Bertz CT molecular complexity index is 602. The van der Waals surface area contributed by atoms with Crippen LogP contribution < -0.4 is 5.32 Å². The zero-order valence-electron chi connectivity index (χ0n) is 11.0. The van der Waals surface area contributed by atoms with Gasteiger partial charge in [0.05, 0.1) is 4.92 Å². The number of rotatable bonds is 5. The van der Waals surface area contributed by atoms with Gasteiger partial charge in [0.2, 0.25) is 0 Å². The first-order chi connectivity index (χ1) is 9.58.